The molecule has 0 heterocycles. The highest BCUT2D eigenvalue weighted by Crippen LogP contribution is 1.96. The molecule has 0 bridgehead atoms. The Kier molecular flexibility index (Phi) is 5.00. The minimum Gasteiger partial charge on any atom is -0.392 e. The molecule has 0 spiro atoms. The van der Waals surface area contributed by atoms with E-state index in [2.05, 4.69) is 5.92 Å². The number of hydrogen-bond donors (Lipinski definition) is 1. The van der Waals surface area contributed by atoms with Gasteiger partial charge in [-0.05, 0) is 20.5 Å². The van der Waals surface area contributed by atoms with E-state index in [1.54, 1.807) is 0 Å². The molecule has 0 aliphatic carbocycles. The molecule has 1 atom stereocenters. The quantitative estimate of drug-likeness (QED) is 0.570. The number of nitrogens with zero attached hydrogens (tertiary/aromatic N) is 1. The number of aliphatic hydroxyl groups is 1. The lowest BCUT2D eigenvalue weighted by Gasteiger charge is -2.11. The van der Waals surface area contributed by atoms with Crippen LogP contribution in [0.25, 0.3) is 0 Å². The first kappa shape index (κ1) is 9.48. The van der Waals surface area contributed by atoms with Crippen molar-refractivity contribution < 1.29 is 5.11 Å². The first-order valence-electron chi connectivity index (χ1n) is 3.43. The van der Waals surface area contributed by atoms with E-state index >= 15 is 0 Å². The highest BCUT2D eigenvalue weighted by molar-refractivity contribution is 4.86. The van der Waals surface area contributed by atoms with Crippen molar-refractivity contribution in [2.75, 3.05) is 20.6 Å². The van der Waals surface area contributed by atoms with Gasteiger partial charge in [0, 0.05) is 13.0 Å². The van der Waals surface area contributed by atoms with Crippen LogP contribution in [0.1, 0.15) is 12.8 Å². The van der Waals surface area contributed by atoms with E-state index in [0.29, 0.717) is 6.42 Å². The highest BCUT2D eigenvalue weighted by Gasteiger charge is 2.01. The molecule has 0 amide bonds. The van der Waals surface area contributed by atoms with Crippen molar-refractivity contribution in [3.63, 3.8) is 0 Å². The smallest absolute Gasteiger partial charge is 0.0661 e. The molecule has 0 aliphatic heterocycles. The average molecular weight is 141 g/mol. The molecular weight excluding hydrogens is 126 g/mol. The van der Waals surface area contributed by atoms with Crippen molar-refractivity contribution in [1.29, 1.82) is 0 Å². The van der Waals surface area contributed by atoms with Crippen molar-refractivity contribution >= 4 is 0 Å². The molecule has 0 radical (unpaired) electrons. The predicted molar refractivity (Wildman–Crippen MR) is 42.6 cm³/mol. The zero-order valence-corrected chi connectivity index (χ0v) is 6.67. The maximum atomic E-state index is 9.13. The summed E-state index contributed by atoms with van der Waals surface area (Å²) in [6.07, 6.45) is 5.91. The van der Waals surface area contributed by atoms with Crippen molar-refractivity contribution in [1.82, 2.24) is 4.90 Å². The monoisotopic (exact) mass is 141 g/mol. The fraction of sp³-hybridized carbons (Fsp3) is 0.750. The van der Waals surface area contributed by atoms with E-state index in [4.69, 9.17) is 11.5 Å². The SMILES string of the molecule is C#CCC(O)CCN(C)C. The van der Waals surface area contributed by atoms with Gasteiger partial charge in [-0.25, -0.2) is 0 Å². The summed E-state index contributed by atoms with van der Waals surface area (Å²) >= 11 is 0. The summed E-state index contributed by atoms with van der Waals surface area (Å²) < 4.78 is 0. The Morgan fingerprint density at radius 2 is 2.20 bits per heavy atom. The molecule has 0 aliphatic rings. The molecule has 0 saturated heterocycles. The van der Waals surface area contributed by atoms with Gasteiger partial charge in [-0.2, -0.15) is 0 Å². The fourth-order valence-corrected chi connectivity index (χ4v) is 0.645. The van der Waals surface area contributed by atoms with Gasteiger partial charge in [-0.3, -0.25) is 0 Å². The van der Waals surface area contributed by atoms with E-state index in [0.717, 1.165) is 13.0 Å². The second-order valence-electron chi connectivity index (χ2n) is 2.65. The lowest BCUT2D eigenvalue weighted by molar-refractivity contribution is 0.157. The van der Waals surface area contributed by atoms with Crippen LogP contribution >= 0.6 is 0 Å². The molecule has 2 nitrogen and oxygen atoms in total. The number of hydrogen-bond acceptors (Lipinski definition) is 2. The molecular formula is C8H15NO. The van der Waals surface area contributed by atoms with Gasteiger partial charge >= 0.3 is 0 Å². The van der Waals surface area contributed by atoms with Crippen molar-refractivity contribution in [2.24, 2.45) is 0 Å². The fourth-order valence-electron chi connectivity index (χ4n) is 0.645. The van der Waals surface area contributed by atoms with Crippen LogP contribution in [0.2, 0.25) is 0 Å². The maximum absolute atomic E-state index is 9.13. The summed E-state index contributed by atoms with van der Waals surface area (Å²) in [6, 6.07) is 0. The Hall–Kier alpha value is -0.520. The van der Waals surface area contributed by atoms with Gasteiger partial charge in [0.1, 0.15) is 0 Å². The van der Waals surface area contributed by atoms with Crippen molar-refractivity contribution in [3.05, 3.63) is 0 Å². The van der Waals surface area contributed by atoms with Crippen LogP contribution in [0.4, 0.5) is 0 Å². The van der Waals surface area contributed by atoms with Crippen LogP contribution in [0.5, 0.6) is 0 Å². The molecule has 0 rings (SSSR count). The molecule has 0 aromatic rings. The van der Waals surface area contributed by atoms with Crippen LogP contribution in [0, 0.1) is 12.3 Å². The Balaban J connectivity index is 3.23. The van der Waals surface area contributed by atoms with Crippen molar-refractivity contribution in [2.45, 2.75) is 18.9 Å². The van der Waals surface area contributed by atoms with Gasteiger partial charge in [-0.15, -0.1) is 12.3 Å². The summed E-state index contributed by atoms with van der Waals surface area (Å²) in [6.45, 7) is 0.892. The molecule has 2 heteroatoms. The largest absolute Gasteiger partial charge is 0.392 e. The van der Waals surface area contributed by atoms with Gasteiger partial charge in [-0.1, -0.05) is 0 Å². The Bertz CT molecular complexity index is 115. The molecule has 0 aromatic carbocycles. The third kappa shape index (κ3) is 5.61. The standard InChI is InChI=1S/C8H15NO/c1-4-5-8(10)6-7-9(2)3/h1,8,10H,5-7H2,2-3H3. The number of terminal acetylenes is 1. The first-order chi connectivity index (χ1) is 4.66. The van der Waals surface area contributed by atoms with Crippen LogP contribution in [-0.2, 0) is 0 Å². The van der Waals surface area contributed by atoms with Gasteiger partial charge in [0.25, 0.3) is 0 Å². The van der Waals surface area contributed by atoms with E-state index in [-0.39, 0.29) is 6.10 Å². The van der Waals surface area contributed by atoms with Crippen LogP contribution < -0.4 is 0 Å². The minimum absolute atomic E-state index is 0.326. The molecule has 10 heavy (non-hydrogen) atoms. The van der Waals surface area contributed by atoms with Crippen LogP contribution in [-0.4, -0.2) is 36.8 Å². The zero-order valence-electron chi connectivity index (χ0n) is 6.67. The van der Waals surface area contributed by atoms with Crippen molar-refractivity contribution in [3.8, 4) is 12.3 Å². The Labute approximate surface area is 62.8 Å². The highest BCUT2D eigenvalue weighted by atomic mass is 16.3. The molecule has 0 saturated carbocycles. The summed E-state index contributed by atoms with van der Waals surface area (Å²) in [5.74, 6) is 2.42. The average Bonchev–Trinajstić information content (AvgIpc) is 1.85. The van der Waals surface area contributed by atoms with Gasteiger partial charge in [0.2, 0.25) is 0 Å². The predicted octanol–water partition coefficient (Wildman–Crippen LogP) is 0.322. The second kappa shape index (κ2) is 5.28. The molecule has 0 fully saturated rings. The first-order valence-corrected chi connectivity index (χ1v) is 3.43. The molecule has 1 N–H and O–H groups in total. The minimum atomic E-state index is -0.326. The van der Waals surface area contributed by atoms with E-state index in [1.807, 2.05) is 19.0 Å². The normalized spacial score (nSPS) is 13.1. The summed E-state index contributed by atoms with van der Waals surface area (Å²) in [4.78, 5) is 2.03. The van der Waals surface area contributed by atoms with E-state index in [1.165, 1.54) is 0 Å². The van der Waals surface area contributed by atoms with Crippen LogP contribution in [0.15, 0.2) is 0 Å². The number of rotatable bonds is 4. The van der Waals surface area contributed by atoms with Gasteiger partial charge in [0.15, 0.2) is 0 Å². The Morgan fingerprint density at radius 3 is 2.60 bits per heavy atom. The zero-order chi connectivity index (χ0) is 7.98. The summed E-state index contributed by atoms with van der Waals surface area (Å²) in [7, 11) is 3.95. The van der Waals surface area contributed by atoms with E-state index in [9.17, 15) is 0 Å². The lowest BCUT2D eigenvalue weighted by Crippen LogP contribution is -2.18. The molecule has 58 valence electrons. The third-order valence-corrected chi connectivity index (χ3v) is 1.26. The molecule has 1 unspecified atom stereocenters. The van der Waals surface area contributed by atoms with Gasteiger partial charge < -0.3 is 10.0 Å². The van der Waals surface area contributed by atoms with E-state index < -0.39 is 0 Å². The van der Waals surface area contributed by atoms with Gasteiger partial charge in [0.05, 0.1) is 6.10 Å². The Morgan fingerprint density at radius 1 is 1.60 bits per heavy atom. The summed E-state index contributed by atoms with van der Waals surface area (Å²) in [5, 5.41) is 9.13. The summed E-state index contributed by atoms with van der Waals surface area (Å²) in [5.41, 5.74) is 0. The second-order valence-corrected chi connectivity index (χ2v) is 2.65. The topological polar surface area (TPSA) is 23.5 Å². The lowest BCUT2D eigenvalue weighted by atomic mass is 10.2. The maximum Gasteiger partial charge on any atom is 0.0661 e. The third-order valence-electron chi connectivity index (χ3n) is 1.26. The van der Waals surface area contributed by atoms with Crippen LogP contribution in [0.3, 0.4) is 0 Å². The number of aliphatic hydroxyl groups excluding tert-OH is 1. The molecule has 0 aromatic heterocycles.